The molecule has 2 aromatic carbocycles. The molecule has 1 aromatic heterocycles. The molecule has 0 unspecified atom stereocenters. The molecule has 0 aliphatic carbocycles. The molecule has 1 heterocycles. The Morgan fingerprint density at radius 3 is 2.68 bits per heavy atom. The van der Waals surface area contributed by atoms with E-state index in [0.29, 0.717) is 22.7 Å². The molecule has 0 saturated heterocycles. The molecule has 6 nitrogen and oxygen atoms in total. The van der Waals surface area contributed by atoms with Gasteiger partial charge in [0.15, 0.2) is 11.6 Å². The first-order chi connectivity index (χ1) is 13.5. The molecule has 0 amide bonds. The lowest BCUT2D eigenvalue weighted by Gasteiger charge is -2.10. The van der Waals surface area contributed by atoms with E-state index >= 15 is 0 Å². The summed E-state index contributed by atoms with van der Waals surface area (Å²) in [5.74, 6) is 2.67. The number of nitrogens with zero attached hydrogens (tertiary/aromatic N) is 2. The molecule has 0 saturated carbocycles. The van der Waals surface area contributed by atoms with E-state index in [1.807, 2.05) is 0 Å². The predicted molar refractivity (Wildman–Crippen MR) is 112 cm³/mol. The van der Waals surface area contributed by atoms with Gasteiger partial charge in [0.2, 0.25) is 5.95 Å². The fourth-order valence-electron chi connectivity index (χ4n) is 2.29. The van der Waals surface area contributed by atoms with Gasteiger partial charge in [-0.1, -0.05) is 30.3 Å². The first-order valence-corrected chi connectivity index (χ1v) is 8.59. The van der Waals surface area contributed by atoms with Crippen molar-refractivity contribution >= 4 is 40.3 Å². The van der Waals surface area contributed by atoms with Gasteiger partial charge in [-0.2, -0.15) is 4.98 Å². The van der Waals surface area contributed by atoms with Crippen molar-refractivity contribution in [2.24, 2.45) is 5.73 Å². The second-order valence-electron chi connectivity index (χ2n) is 5.60. The summed E-state index contributed by atoms with van der Waals surface area (Å²) < 4.78 is 19.4. The molecule has 3 aromatic rings. The minimum Gasteiger partial charge on any atom is -0.481 e. The van der Waals surface area contributed by atoms with Crippen LogP contribution in [0.4, 0.5) is 27.5 Å². The van der Waals surface area contributed by atoms with E-state index in [1.165, 1.54) is 0 Å². The molecule has 0 aliphatic rings. The minimum atomic E-state index is -0.588. The Hall–Kier alpha value is -3.70. The van der Waals surface area contributed by atoms with E-state index in [4.69, 9.17) is 29.1 Å². The average molecular weight is 393 g/mol. The molecular formula is C20H16FN5OS. The molecule has 0 atom stereocenters. The smallest absolute Gasteiger partial charge is 0.229 e. The standard InChI is InChI=1S/C20H16FN5OS/c1-2-10-27-16-8-6-14(7-9-16)24-19-17(21)12-23-20(26-19)25-15-5-3-4-13(11-15)18(22)28/h1,3-9,11-12H,10H2,(H2,22,28)(H2,23,24,25,26). The Labute approximate surface area is 167 Å². The number of benzene rings is 2. The number of anilines is 4. The number of halogens is 1. The van der Waals surface area contributed by atoms with Gasteiger partial charge in [-0.3, -0.25) is 0 Å². The molecule has 0 aliphatic heterocycles. The molecule has 0 fully saturated rings. The van der Waals surface area contributed by atoms with E-state index in [0.717, 1.165) is 6.20 Å². The third-order valence-electron chi connectivity index (χ3n) is 3.59. The molecule has 4 N–H and O–H groups in total. The second-order valence-corrected chi connectivity index (χ2v) is 6.04. The van der Waals surface area contributed by atoms with Crippen molar-refractivity contribution in [1.82, 2.24) is 9.97 Å². The first-order valence-electron chi connectivity index (χ1n) is 8.18. The monoisotopic (exact) mass is 393 g/mol. The number of terminal acetylenes is 1. The van der Waals surface area contributed by atoms with Gasteiger partial charge < -0.3 is 21.1 Å². The van der Waals surface area contributed by atoms with Gasteiger partial charge in [-0.15, -0.1) is 6.42 Å². The van der Waals surface area contributed by atoms with Gasteiger partial charge in [0.25, 0.3) is 0 Å². The zero-order valence-corrected chi connectivity index (χ0v) is 15.5. The summed E-state index contributed by atoms with van der Waals surface area (Å²) in [5, 5.41) is 5.91. The van der Waals surface area contributed by atoms with Crippen LogP contribution in [0.15, 0.2) is 54.7 Å². The first kappa shape index (κ1) is 19.1. The Balaban J connectivity index is 1.75. The normalized spacial score (nSPS) is 10.0. The molecule has 0 radical (unpaired) electrons. The summed E-state index contributed by atoms with van der Waals surface area (Å²) in [7, 11) is 0. The van der Waals surface area contributed by atoms with Crippen molar-refractivity contribution in [2.75, 3.05) is 17.2 Å². The van der Waals surface area contributed by atoms with Gasteiger partial charge in [0.1, 0.15) is 17.3 Å². The third kappa shape index (κ3) is 4.93. The van der Waals surface area contributed by atoms with Crippen LogP contribution in [0.1, 0.15) is 5.56 Å². The predicted octanol–water partition coefficient (Wildman–Crippen LogP) is 3.75. The van der Waals surface area contributed by atoms with Crippen LogP contribution < -0.4 is 21.1 Å². The Morgan fingerprint density at radius 1 is 1.18 bits per heavy atom. The van der Waals surface area contributed by atoms with Crippen molar-refractivity contribution in [3.8, 4) is 18.1 Å². The zero-order valence-electron chi connectivity index (χ0n) is 14.6. The van der Waals surface area contributed by atoms with Crippen molar-refractivity contribution in [3.63, 3.8) is 0 Å². The second kappa shape index (κ2) is 8.79. The van der Waals surface area contributed by atoms with Gasteiger partial charge in [0, 0.05) is 16.9 Å². The van der Waals surface area contributed by atoms with Crippen LogP contribution in [0.25, 0.3) is 0 Å². The number of aromatic nitrogens is 2. The minimum absolute atomic E-state index is 0.0280. The van der Waals surface area contributed by atoms with E-state index in [9.17, 15) is 4.39 Å². The highest BCUT2D eigenvalue weighted by Gasteiger charge is 2.09. The molecule has 28 heavy (non-hydrogen) atoms. The number of thiocarbonyl (C=S) groups is 1. The highest BCUT2D eigenvalue weighted by molar-refractivity contribution is 7.80. The van der Waals surface area contributed by atoms with Crippen LogP contribution >= 0.6 is 12.2 Å². The van der Waals surface area contributed by atoms with E-state index in [2.05, 4.69) is 26.5 Å². The van der Waals surface area contributed by atoms with Crippen LogP contribution in [0.5, 0.6) is 5.75 Å². The van der Waals surface area contributed by atoms with Gasteiger partial charge in [0.05, 0.1) is 6.20 Å². The summed E-state index contributed by atoms with van der Waals surface area (Å²) in [6.07, 6.45) is 6.24. The summed E-state index contributed by atoms with van der Waals surface area (Å²) >= 11 is 4.97. The Bertz CT molecular complexity index is 1030. The molecular weight excluding hydrogens is 377 g/mol. The molecule has 0 spiro atoms. The Kier molecular flexibility index (Phi) is 5.99. The summed E-state index contributed by atoms with van der Waals surface area (Å²) in [6, 6.07) is 14.1. The molecule has 3 rings (SSSR count). The number of nitrogens with two attached hydrogens (primary N) is 1. The Morgan fingerprint density at radius 2 is 1.96 bits per heavy atom. The topological polar surface area (TPSA) is 85.1 Å². The van der Waals surface area contributed by atoms with Crippen molar-refractivity contribution in [1.29, 1.82) is 0 Å². The van der Waals surface area contributed by atoms with Gasteiger partial charge in [-0.05, 0) is 36.4 Å². The fourth-order valence-corrected chi connectivity index (χ4v) is 2.42. The highest BCUT2D eigenvalue weighted by atomic mass is 32.1. The number of ether oxygens (including phenoxy) is 1. The van der Waals surface area contributed by atoms with Gasteiger partial charge in [-0.25, -0.2) is 9.37 Å². The van der Waals surface area contributed by atoms with Crippen LogP contribution in [0.3, 0.4) is 0 Å². The number of hydrogen-bond donors (Lipinski definition) is 3. The van der Waals surface area contributed by atoms with Crippen LogP contribution in [-0.4, -0.2) is 21.6 Å². The maximum absolute atomic E-state index is 14.1. The van der Waals surface area contributed by atoms with E-state index in [1.54, 1.807) is 48.5 Å². The van der Waals surface area contributed by atoms with Crippen LogP contribution in [0.2, 0.25) is 0 Å². The SMILES string of the molecule is C#CCOc1ccc(Nc2nc(Nc3cccc(C(N)=S)c3)ncc2F)cc1. The van der Waals surface area contributed by atoms with Crippen molar-refractivity contribution in [2.45, 2.75) is 0 Å². The van der Waals surface area contributed by atoms with E-state index in [-0.39, 0.29) is 23.4 Å². The molecule has 140 valence electrons. The average Bonchev–Trinajstić information content (AvgIpc) is 2.70. The number of nitrogens with one attached hydrogen (secondary N) is 2. The maximum Gasteiger partial charge on any atom is 0.229 e. The summed E-state index contributed by atoms with van der Waals surface area (Å²) in [5.41, 5.74) is 7.65. The maximum atomic E-state index is 14.1. The summed E-state index contributed by atoms with van der Waals surface area (Å²) in [6.45, 7) is 0.179. The summed E-state index contributed by atoms with van der Waals surface area (Å²) in [4.78, 5) is 8.42. The van der Waals surface area contributed by atoms with E-state index < -0.39 is 5.82 Å². The largest absolute Gasteiger partial charge is 0.481 e. The lowest BCUT2D eigenvalue weighted by Crippen LogP contribution is -2.09. The van der Waals surface area contributed by atoms with Crippen molar-refractivity contribution < 1.29 is 9.13 Å². The van der Waals surface area contributed by atoms with Crippen LogP contribution in [-0.2, 0) is 0 Å². The zero-order chi connectivity index (χ0) is 19.9. The van der Waals surface area contributed by atoms with Gasteiger partial charge >= 0.3 is 0 Å². The quantitative estimate of drug-likeness (QED) is 0.416. The lowest BCUT2D eigenvalue weighted by molar-refractivity contribution is 0.370. The lowest BCUT2D eigenvalue weighted by atomic mass is 10.2. The molecule has 0 bridgehead atoms. The molecule has 8 heteroatoms. The van der Waals surface area contributed by atoms with Crippen molar-refractivity contribution in [3.05, 3.63) is 66.1 Å². The third-order valence-corrected chi connectivity index (χ3v) is 3.82. The number of rotatable bonds is 7. The fraction of sp³-hybridized carbons (Fsp3) is 0.0500. The highest BCUT2D eigenvalue weighted by Crippen LogP contribution is 2.22. The number of hydrogen-bond acceptors (Lipinski definition) is 6. The van der Waals surface area contributed by atoms with Crippen LogP contribution in [0, 0.1) is 18.2 Å².